The lowest BCUT2D eigenvalue weighted by molar-refractivity contribution is -0.140. The third-order valence-electron chi connectivity index (χ3n) is 4.81. The Labute approximate surface area is 168 Å². The van der Waals surface area contributed by atoms with Crippen LogP contribution in [0.3, 0.4) is 0 Å². The third kappa shape index (κ3) is 4.59. The Morgan fingerprint density at radius 3 is 2.62 bits per heavy atom. The quantitative estimate of drug-likeness (QED) is 0.496. The molecule has 2 aromatic rings. The number of hydrogen-bond donors (Lipinski definition) is 0. The van der Waals surface area contributed by atoms with Crippen molar-refractivity contribution in [3.05, 3.63) is 46.8 Å². The van der Waals surface area contributed by atoms with E-state index in [9.17, 15) is 14.4 Å². The van der Waals surface area contributed by atoms with Gasteiger partial charge in [-0.1, -0.05) is 0 Å². The molecule has 3 rings (SSSR count). The van der Waals surface area contributed by atoms with Gasteiger partial charge in [0.15, 0.2) is 18.1 Å². The van der Waals surface area contributed by atoms with Gasteiger partial charge in [-0.2, -0.15) is 0 Å². The Bertz CT molecular complexity index is 945. The van der Waals surface area contributed by atoms with Gasteiger partial charge in [-0.05, 0) is 44.5 Å². The molecule has 1 aliphatic heterocycles. The minimum absolute atomic E-state index is 0.113. The lowest BCUT2D eigenvalue weighted by Crippen LogP contribution is -2.15. The molecule has 8 nitrogen and oxygen atoms in total. The molecule has 0 radical (unpaired) electrons. The monoisotopic (exact) mass is 401 g/mol. The van der Waals surface area contributed by atoms with Crippen LogP contribution < -0.4 is 9.47 Å². The van der Waals surface area contributed by atoms with Crippen LogP contribution in [-0.2, 0) is 20.8 Å². The van der Waals surface area contributed by atoms with Gasteiger partial charge >= 0.3 is 11.9 Å². The molecule has 1 aromatic heterocycles. The lowest BCUT2D eigenvalue weighted by atomic mass is 10.1. The molecule has 0 bridgehead atoms. The van der Waals surface area contributed by atoms with Crippen molar-refractivity contribution in [2.24, 2.45) is 0 Å². The van der Waals surface area contributed by atoms with Crippen molar-refractivity contribution in [1.82, 2.24) is 4.57 Å². The number of carbonyl (C=O) groups excluding carboxylic acids is 3. The molecule has 154 valence electrons. The topological polar surface area (TPSA) is 93.1 Å². The van der Waals surface area contributed by atoms with Crippen molar-refractivity contribution in [2.45, 2.75) is 33.2 Å². The molecule has 0 spiro atoms. The van der Waals surface area contributed by atoms with Gasteiger partial charge in [0.25, 0.3) is 0 Å². The van der Waals surface area contributed by atoms with Crippen molar-refractivity contribution >= 4 is 17.7 Å². The van der Waals surface area contributed by atoms with Crippen LogP contribution in [0.1, 0.15) is 44.9 Å². The maximum Gasteiger partial charge on any atom is 0.338 e. The third-order valence-corrected chi connectivity index (χ3v) is 4.81. The average molecular weight is 401 g/mol. The fourth-order valence-corrected chi connectivity index (χ4v) is 3.23. The molecule has 0 fully saturated rings. The molecule has 0 amide bonds. The van der Waals surface area contributed by atoms with Gasteiger partial charge in [0.05, 0.1) is 12.7 Å². The summed E-state index contributed by atoms with van der Waals surface area (Å²) in [5.74, 6) is -0.118. The minimum atomic E-state index is -0.608. The summed E-state index contributed by atoms with van der Waals surface area (Å²) in [6.45, 7) is 4.07. The Hall–Kier alpha value is -3.29. The first-order valence-electron chi connectivity index (χ1n) is 9.24. The van der Waals surface area contributed by atoms with Gasteiger partial charge in [0.1, 0.15) is 0 Å². The van der Waals surface area contributed by atoms with Gasteiger partial charge in [0, 0.05) is 29.9 Å². The van der Waals surface area contributed by atoms with Crippen molar-refractivity contribution in [3.63, 3.8) is 0 Å². The second kappa shape index (κ2) is 8.81. The van der Waals surface area contributed by atoms with Gasteiger partial charge in [0.2, 0.25) is 12.6 Å². The van der Waals surface area contributed by atoms with E-state index in [0.29, 0.717) is 36.4 Å². The van der Waals surface area contributed by atoms with E-state index in [1.807, 2.05) is 18.4 Å². The number of methoxy groups -OCH3 is 1. The van der Waals surface area contributed by atoms with Crippen LogP contribution >= 0.6 is 0 Å². The number of aromatic nitrogens is 1. The number of benzene rings is 1. The maximum absolute atomic E-state index is 12.6. The van der Waals surface area contributed by atoms with E-state index in [2.05, 4.69) is 4.74 Å². The molecule has 2 heterocycles. The number of ether oxygens (including phenoxy) is 4. The Morgan fingerprint density at radius 2 is 1.86 bits per heavy atom. The first-order chi connectivity index (χ1) is 13.9. The molecule has 8 heteroatoms. The molecule has 0 atom stereocenters. The molecular weight excluding hydrogens is 378 g/mol. The zero-order valence-corrected chi connectivity index (χ0v) is 16.6. The molecule has 0 saturated heterocycles. The molecule has 0 N–H and O–H groups in total. The largest absolute Gasteiger partial charge is 0.469 e. The van der Waals surface area contributed by atoms with E-state index in [1.165, 1.54) is 13.2 Å². The highest BCUT2D eigenvalue weighted by molar-refractivity contribution is 6.00. The highest BCUT2D eigenvalue weighted by atomic mass is 16.7. The number of nitrogens with zero attached hydrogens (tertiary/aromatic N) is 1. The van der Waals surface area contributed by atoms with E-state index >= 15 is 0 Å². The fraction of sp³-hybridized carbons (Fsp3) is 0.381. The van der Waals surface area contributed by atoms with Crippen LogP contribution in [-0.4, -0.2) is 42.8 Å². The predicted octanol–water partition coefficient (Wildman–Crippen LogP) is 2.83. The second-order valence-corrected chi connectivity index (χ2v) is 6.68. The van der Waals surface area contributed by atoms with Gasteiger partial charge in [-0.25, -0.2) is 4.79 Å². The number of esters is 2. The van der Waals surface area contributed by atoms with Crippen molar-refractivity contribution in [2.75, 3.05) is 20.5 Å². The summed E-state index contributed by atoms with van der Waals surface area (Å²) in [5, 5.41) is 0. The normalized spacial score (nSPS) is 12.0. The van der Waals surface area contributed by atoms with E-state index in [-0.39, 0.29) is 30.7 Å². The first kappa shape index (κ1) is 20.4. The molecule has 1 aliphatic rings. The van der Waals surface area contributed by atoms with Crippen LogP contribution in [0, 0.1) is 13.8 Å². The summed E-state index contributed by atoms with van der Waals surface area (Å²) < 4.78 is 22.2. The predicted molar refractivity (Wildman–Crippen MR) is 102 cm³/mol. The van der Waals surface area contributed by atoms with Crippen molar-refractivity contribution < 1.29 is 33.3 Å². The SMILES string of the molecule is COC(=O)CCCn1c(C)cc(C(=O)COC(=O)c2ccc3c(c2)OCO3)c1C. The average Bonchev–Trinajstić information content (AvgIpc) is 3.30. The maximum atomic E-state index is 12.6. The number of carbonyl (C=O) groups is 3. The molecular formula is C21H23NO7. The number of rotatable bonds is 8. The van der Waals surface area contributed by atoms with E-state index in [1.54, 1.807) is 18.2 Å². The number of fused-ring (bicyclic) bond motifs is 1. The first-order valence-corrected chi connectivity index (χ1v) is 9.24. The summed E-state index contributed by atoms with van der Waals surface area (Å²) in [7, 11) is 1.36. The number of Topliss-reactive ketones (excluding diaryl/α,β-unsaturated/α-hetero) is 1. The van der Waals surface area contributed by atoms with Crippen molar-refractivity contribution in [3.8, 4) is 11.5 Å². The highest BCUT2D eigenvalue weighted by Gasteiger charge is 2.20. The molecule has 29 heavy (non-hydrogen) atoms. The number of ketones is 1. The van der Waals surface area contributed by atoms with Crippen LogP contribution in [0.25, 0.3) is 0 Å². The fourth-order valence-electron chi connectivity index (χ4n) is 3.23. The van der Waals surface area contributed by atoms with Gasteiger partial charge < -0.3 is 23.5 Å². The molecule has 0 aliphatic carbocycles. The summed E-state index contributed by atoms with van der Waals surface area (Å²) in [6.07, 6.45) is 0.916. The van der Waals surface area contributed by atoms with Gasteiger partial charge in [-0.15, -0.1) is 0 Å². The van der Waals surface area contributed by atoms with E-state index in [4.69, 9.17) is 14.2 Å². The van der Waals surface area contributed by atoms with E-state index < -0.39 is 5.97 Å². The number of aryl methyl sites for hydroxylation is 1. The van der Waals surface area contributed by atoms with Crippen molar-refractivity contribution in [1.29, 1.82) is 0 Å². The van der Waals surface area contributed by atoms with Crippen LogP contribution in [0.4, 0.5) is 0 Å². The second-order valence-electron chi connectivity index (χ2n) is 6.68. The minimum Gasteiger partial charge on any atom is -0.469 e. The molecule has 0 unspecified atom stereocenters. The zero-order valence-electron chi connectivity index (χ0n) is 16.6. The van der Waals surface area contributed by atoms with Crippen LogP contribution in [0.2, 0.25) is 0 Å². The standard InChI is InChI=1S/C21H23NO7/c1-13-9-16(14(2)22(13)8-4-5-20(24)26-3)17(23)11-27-21(25)15-6-7-18-19(10-15)29-12-28-18/h6-7,9-10H,4-5,8,11-12H2,1-3H3. The Kier molecular flexibility index (Phi) is 6.21. The summed E-state index contributed by atoms with van der Waals surface area (Å²) in [5.41, 5.74) is 2.46. The van der Waals surface area contributed by atoms with Crippen LogP contribution in [0.5, 0.6) is 11.5 Å². The smallest absolute Gasteiger partial charge is 0.338 e. The number of hydrogen-bond acceptors (Lipinski definition) is 7. The highest BCUT2D eigenvalue weighted by Crippen LogP contribution is 2.32. The molecule has 1 aromatic carbocycles. The lowest BCUT2D eigenvalue weighted by Gasteiger charge is -2.09. The Balaban J connectivity index is 1.60. The Morgan fingerprint density at radius 1 is 1.10 bits per heavy atom. The summed E-state index contributed by atoms with van der Waals surface area (Å²) in [4.78, 5) is 36.1. The van der Waals surface area contributed by atoms with E-state index in [0.717, 1.165) is 11.4 Å². The van der Waals surface area contributed by atoms with Crippen LogP contribution in [0.15, 0.2) is 24.3 Å². The zero-order chi connectivity index (χ0) is 21.0. The summed E-state index contributed by atoms with van der Waals surface area (Å²) in [6, 6.07) is 6.49. The van der Waals surface area contributed by atoms with Gasteiger partial charge in [-0.3, -0.25) is 9.59 Å². The summed E-state index contributed by atoms with van der Waals surface area (Å²) >= 11 is 0. The molecule has 0 saturated carbocycles.